The molecule has 96 valence electrons. The molecule has 0 saturated carbocycles. The molecule has 1 aromatic rings. The minimum atomic E-state index is 0.403. The fourth-order valence-corrected chi connectivity index (χ4v) is 2.07. The molecule has 17 heavy (non-hydrogen) atoms. The van der Waals surface area contributed by atoms with E-state index >= 15 is 0 Å². The first-order valence-electron chi connectivity index (χ1n) is 5.96. The summed E-state index contributed by atoms with van der Waals surface area (Å²) in [7, 11) is 0. The van der Waals surface area contributed by atoms with E-state index in [0.717, 1.165) is 35.8 Å². The summed E-state index contributed by atoms with van der Waals surface area (Å²) in [5.41, 5.74) is 6.82. The van der Waals surface area contributed by atoms with Crippen LogP contribution in [0.4, 0.5) is 11.6 Å². The zero-order valence-electron chi connectivity index (χ0n) is 11.1. The smallest absolute Gasteiger partial charge is 0.134 e. The third-order valence-corrected chi connectivity index (χ3v) is 3.33. The molecular formula is C12H22N4S. The number of nitrogens with zero attached hydrogens (tertiary/aromatic N) is 2. The van der Waals surface area contributed by atoms with Gasteiger partial charge < -0.3 is 11.1 Å². The topological polar surface area (TPSA) is 63.8 Å². The fraction of sp³-hybridized carbons (Fsp3) is 0.667. The van der Waals surface area contributed by atoms with Gasteiger partial charge in [0.25, 0.3) is 0 Å². The Morgan fingerprint density at radius 1 is 1.41 bits per heavy atom. The predicted octanol–water partition coefficient (Wildman–Crippen LogP) is 2.48. The Morgan fingerprint density at radius 3 is 2.71 bits per heavy atom. The van der Waals surface area contributed by atoms with E-state index in [1.807, 2.05) is 25.6 Å². The molecule has 0 saturated heterocycles. The van der Waals surface area contributed by atoms with Gasteiger partial charge in [0, 0.05) is 18.0 Å². The highest BCUT2D eigenvalue weighted by atomic mass is 32.2. The second kappa shape index (κ2) is 6.69. The van der Waals surface area contributed by atoms with Gasteiger partial charge in [-0.15, -0.1) is 0 Å². The molecule has 0 aromatic carbocycles. The van der Waals surface area contributed by atoms with Crippen LogP contribution in [-0.2, 0) is 6.42 Å². The van der Waals surface area contributed by atoms with Crippen molar-refractivity contribution in [3.05, 3.63) is 11.4 Å². The van der Waals surface area contributed by atoms with Gasteiger partial charge in [0.05, 0.1) is 0 Å². The largest absolute Gasteiger partial charge is 0.383 e. The van der Waals surface area contributed by atoms with Crippen LogP contribution in [-0.4, -0.2) is 28.0 Å². The van der Waals surface area contributed by atoms with Gasteiger partial charge in [0.1, 0.15) is 17.5 Å². The lowest BCUT2D eigenvalue weighted by molar-refractivity contribution is 0.761. The lowest BCUT2D eigenvalue weighted by Crippen LogP contribution is -2.19. The Morgan fingerprint density at radius 2 is 2.12 bits per heavy atom. The van der Waals surface area contributed by atoms with E-state index < -0.39 is 0 Å². The van der Waals surface area contributed by atoms with Crippen LogP contribution in [0.15, 0.2) is 0 Å². The summed E-state index contributed by atoms with van der Waals surface area (Å²) >= 11 is 1.86. The maximum Gasteiger partial charge on any atom is 0.134 e. The van der Waals surface area contributed by atoms with Gasteiger partial charge in [-0.1, -0.05) is 6.92 Å². The molecule has 0 amide bonds. The van der Waals surface area contributed by atoms with E-state index in [9.17, 15) is 0 Å². The number of hydrogen-bond donors (Lipinski definition) is 2. The van der Waals surface area contributed by atoms with Gasteiger partial charge in [-0.2, -0.15) is 11.8 Å². The first-order chi connectivity index (χ1) is 8.08. The van der Waals surface area contributed by atoms with Crippen molar-refractivity contribution in [1.82, 2.24) is 9.97 Å². The van der Waals surface area contributed by atoms with E-state index in [-0.39, 0.29) is 0 Å². The van der Waals surface area contributed by atoms with Crippen LogP contribution in [0.25, 0.3) is 0 Å². The minimum absolute atomic E-state index is 0.403. The molecule has 1 rings (SSSR count). The maximum atomic E-state index is 5.88. The van der Waals surface area contributed by atoms with Crippen molar-refractivity contribution in [3.63, 3.8) is 0 Å². The van der Waals surface area contributed by atoms with Gasteiger partial charge in [-0.3, -0.25) is 0 Å². The van der Waals surface area contributed by atoms with Crippen molar-refractivity contribution < 1.29 is 0 Å². The molecular weight excluding hydrogens is 232 g/mol. The number of nitrogen functional groups attached to an aromatic ring is 1. The zero-order valence-corrected chi connectivity index (χ0v) is 11.9. The first kappa shape index (κ1) is 14.1. The number of nitrogens with one attached hydrogen (secondary N) is 1. The molecule has 1 unspecified atom stereocenters. The molecule has 0 bridgehead atoms. The van der Waals surface area contributed by atoms with Gasteiger partial charge in [0.15, 0.2) is 0 Å². The molecule has 3 N–H and O–H groups in total. The number of thioether (sulfide) groups is 1. The number of anilines is 2. The SMILES string of the molecule is CCc1nc(N)c(C)c(NC(C)CCSC)n1. The Bertz CT molecular complexity index is 368. The van der Waals surface area contributed by atoms with Crippen molar-refractivity contribution in [2.75, 3.05) is 23.1 Å². The fourth-order valence-electron chi connectivity index (χ4n) is 1.48. The zero-order chi connectivity index (χ0) is 12.8. The molecule has 0 aliphatic rings. The second-order valence-corrected chi connectivity index (χ2v) is 5.16. The summed E-state index contributed by atoms with van der Waals surface area (Å²) in [6.45, 7) is 6.16. The second-order valence-electron chi connectivity index (χ2n) is 4.18. The first-order valence-corrected chi connectivity index (χ1v) is 7.36. The molecule has 4 nitrogen and oxygen atoms in total. The van der Waals surface area contributed by atoms with Crippen LogP contribution in [0, 0.1) is 6.92 Å². The van der Waals surface area contributed by atoms with Crippen molar-refractivity contribution in [2.24, 2.45) is 0 Å². The molecule has 5 heteroatoms. The average Bonchev–Trinajstić information content (AvgIpc) is 2.32. The number of hydrogen-bond acceptors (Lipinski definition) is 5. The highest BCUT2D eigenvalue weighted by molar-refractivity contribution is 7.98. The number of rotatable bonds is 6. The van der Waals surface area contributed by atoms with E-state index in [1.54, 1.807) is 0 Å². The van der Waals surface area contributed by atoms with E-state index in [2.05, 4.69) is 28.5 Å². The predicted molar refractivity (Wildman–Crippen MR) is 76.6 cm³/mol. The monoisotopic (exact) mass is 254 g/mol. The highest BCUT2D eigenvalue weighted by Crippen LogP contribution is 2.19. The number of aryl methyl sites for hydroxylation is 1. The molecule has 1 aromatic heterocycles. The van der Waals surface area contributed by atoms with Crippen LogP contribution in [0.2, 0.25) is 0 Å². The molecule has 1 atom stereocenters. The minimum Gasteiger partial charge on any atom is -0.383 e. The van der Waals surface area contributed by atoms with Gasteiger partial charge >= 0.3 is 0 Å². The van der Waals surface area contributed by atoms with Crippen molar-refractivity contribution in [1.29, 1.82) is 0 Å². The van der Waals surface area contributed by atoms with Crippen molar-refractivity contribution in [3.8, 4) is 0 Å². The van der Waals surface area contributed by atoms with Gasteiger partial charge in [-0.25, -0.2) is 9.97 Å². The van der Waals surface area contributed by atoms with Crippen molar-refractivity contribution >= 4 is 23.4 Å². The molecule has 0 aliphatic carbocycles. The standard InChI is InChI=1S/C12H22N4S/c1-5-10-15-11(13)9(3)12(16-10)14-8(2)6-7-17-4/h8H,5-7H2,1-4H3,(H3,13,14,15,16). The quantitative estimate of drug-likeness (QED) is 0.816. The third kappa shape index (κ3) is 4.07. The average molecular weight is 254 g/mol. The van der Waals surface area contributed by atoms with E-state index in [0.29, 0.717) is 11.9 Å². The van der Waals surface area contributed by atoms with E-state index in [4.69, 9.17) is 5.73 Å². The molecule has 0 spiro atoms. The molecule has 0 aliphatic heterocycles. The third-order valence-electron chi connectivity index (χ3n) is 2.68. The summed E-state index contributed by atoms with van der Waals surface area (Å²) in [6.07, 6.45) is 4.04. The molecule has 0 radical (unpaired) electrons. The van der Waals surface area contributed by atoms with Crippen LogP contribution in [0.5, 0.6) is 0 Å². The maximum absolute atomic E-state index is 5.88. The summed E-state index contributed by atoms with van der Waals surface area (Å²) in [4.78, 5) is 8.73. The summed E-state index contributed by atoms with van der Waals surface area (Å²) < 4.78 is 0. The number of nitrogens with two attached hydrogens (primary N) is 1. The number of aromatic nitrogens is 2. The van der Waals surface area contributed by atoms with Crippen LogP contribution in [0.1, 0.15) is 31.7 Å². The van der Waals surface area contributed by atoms with E-state index in [1.165, 1.54) is 0 Å². The summed E-state index contributed by atoms with van der Waals surface area (Å²) in [5, 5.41) is 3.42. The Labute approximate surface area is 108 Å². The van der Waals surface area contributed by atoms with Crippen LogP contribution in [0.3, 0.4) is 0 Å². The normalized spacial score (nSPS) is 12.5. The lowest BCUT2D eigenvalue weighted by atomic mass is 10.2. The van der Waals surface area contributed by atoms with Gasteiger partial charge in [0.2, 0.25) is 0 Å². The lowest BCUT2D eigenvalue weighted by Gasteiger charge is -2.17. The molecule has 1 heterocycles. The summed E-state index contributed by atoms with van der Waals surface area (Å²) in [6, 6.07) is 0.403. The van der Waals surface area contributed by atoms with Crippen molar-refractivity contribution in [2.45, 2.75) is 39.7 Å². The Kier molecular flexibility index (Phi) is 5.55. The highest BCUT2D eigenvalue weighted by Gasteiger charge is 2.10. The van der Waals surface area contributed by atoms with Crippen LogP contribution < -0.4 is 11.1 Å². The van der Waals surface area contributed by atoms with Gasteiger partial charge in [-0.05, 0) is 32.3 Å². The Balaban J connectivity index is 2.78. The Hall–Kier alpha value is -0.970. The van der Waals surface area contributed by atoms with Crippen LogP contribution >= 0.6 is 11.8 Å². The molecule has 0 fully saturated rings. The summed E-state index contributed by atoms with van der Waals surface area (Å²) in [5.74, 6) is 3.40.